The van der Waals surface area contributed by atoms with E-state index in [-0.39, 0.29) is 11.8 Å². The Morgan fingerprint density at radius 1 is 0.935 bits per heavy atom. The molecule has 1 aliphatic heterocycles. The Hall–Kier alpha value is -3.11. The lowest BCUT2D eigenvalue weighted by Gasteiger charge is -2.35. The van der Waals surface area contributed by atoms with Gasteiger partial charge in [0.15, 0.2) is 0 Å². The topological polar surface area (TPSA) is 49.4 Å². The number of fused-ring (bicyclic) bond motifs is 1. The number of benzene rings is 3. The summed E-state index contributed by atoms with van der Waals surface area (Å²) in [6.45, 7) is 5.78. The number of hydrogen-bond acceptors (Lipinski definition) is 2. The maximum atomic E-state index is 13.7. The largest absolute Gasteiger partial charge is 0.349 e. The fraction of sp³-hybridized carbons (Fsp3) is 0.231. The average Bonchev–Trinajstić information content (AvgIpc) is 3.00. The summed E-state index contributed by atoms with van der Waals surface area (Å²) in [5.41, 5.74) is 2.58. The molecule has 3 aromatic rings. The van der Waals surface area contributed by atoms with Crippen molar-refractivity contribution in [2.24, 2.45) is 0 Å². The van der Waals surface area contributed by atoms with Gasteiger partial charge in [0.1, 0.15) is 6.04 Å². The molecule has 0 aliphatic carbocycles. The first-order valence-electron chi connectivity index (χ1n) is 10.3. The van der Waals surface area contributed by atoms with Crippen LogP contribution >= 0.6 is 11.6 Å². The molecular weight excluding hydrogens is 408 g/mol. The molecule has 0 radical (unpaired) electrons. The first-order chi connectivity index (χ1) is 14.8. The maximum Gasteiger partial charge on any atom is 0.255 e. The van der Waals surface area contributed by atoms with E-state index in [1.807, 2.05) is 81.4 Å². The monoisotopic (exact) mass is 432 g/mol. The average molecular weight is 433 g/mol. The molecule has 0 aromatic heterocycles. The van der Waals surface area contributed by atoms with E-state index >= 15 is 0 Å². The number of halogens is 1. The molecule has 158 valence electrons. The Bertz CT molecular complexity index is 1070. The van der Waals surface area contributed by atoms with Crippen molar-refractivity contribution >= 4 is 23.4 Å². The molecule has 5 heteroatoms. The molecule has 31 heavy (non-hydrogen) atoms. The third-order valence-corrected chi connectivity index (χ3v) is 5.54. The van der Waals surface area contributed by atoms with Crippen molar-refractivity contribution < 1.29 is 9.59 Å². The fourth-order valence-corrected chi connectivity index (χ4v) is 4.30. The van der Waals surface area contributed by atoms with Crippen molar-refractivity contribution in [2.75, 3.05) is 0 Å². The van der Waals surface area contributed by atoms with E-state index in [1.165, 1.54) is 0 Å². The summed E-state index contributed by atoms with van der Waals surface area (Å²) in [6, 6.07) is 23.5. The zero-order valence-corrected chi connectivity index (χ0v) is 18.6. The van der Waals surface area contributed by atoms with Crippen molar-refractivity contribution in [3.05, 3.63) is 106 Å². The summed E-state index contributed by atoms with van der Waals surface area (Å²) in [5, 5.41) is 3.55. The van der Waals surface area contributed by atoms with Gasteiger partial charge in [-0.3, -0.25) is 9.59 Å². The van der Waals surface area contributed by atoms with E-state index in [9.17, 15) is 9.59 Å². The number of carbonyl (C=O) groups is 2. The van der Waals surface area contributed by atoms with Crippen LogP contribution in [0.15, 0.2) is 78.9 Å². The van der Waals surface area contributed by atoms with E-state index < -0.39 is 17.6 Å². The maximum absolute atomic E-state index is 13.7. The van der Waals surface area contributed by atoms with Gasteiger partial charge < -0.3 is 10.2 Å². The highest BCUT2D eigenvalue weighted by atomic mass is 35.5. The minimum Gasteiger partial charge on any atom is -0.349 e. The minimum atomic E-state index is -0.786. The van der Waals surface area contributed by atoms with Gasteiger partial charge in [-0.05, 0) is 55.7 Å². The molecule has 0 spiro atoms. The SMILES string of the molecule is CC(C)(C)NC(=O)C1c2cc(Cl)ccc2C(=O)N1C(c1ccccc1)c1ccccc1. The van der Waals surface area contributed by atoms with Crippen LogP contribution in [-0.2, 0) is 4.79 Å². The fourth-order valence-electron chi connectivity index (χ4n) is 4.12. The minimum absolute atomic E-state index is 0.182. The second-order valence-corrected chi connectivity index (χ2v) is 9.25. The Labute approximate surface area is 187 Å². The van der Waals surface area contributed by atoms with Gasteiger partial charge in [0.05, 0.1) is 6.04 Å². The highest BCUT2D eigenvalue weighted by molar-refractivity contribution is 6.31. The van der Waals surface area contributed by atoms with Crippen LogP contribution in [0.5, 0.6) is 0 Å². The van der Waals surface area contributed by atoms with Crippen molar-refractivity contribution in [2.45, 2.75) is 38.4 Å². The molecule has 0 saturated carbocycles. The van der Waals surface area contributed by atoms with Crippen LogP contribution in [0.1, 0.15) is 59.9 Å². The molecular formula is C26H25ClN2O2. The molecule has 1 atom stereocenters. The molecule has 0 bridgehead atoms. The molecule has 1 unspecified atom stereocenters. The van der Waals surface area contributed by atoms with E-state index in [1.54, 1.807) is 23.1 Å². The zero-order valence-electron chi connectivity index (χ0n) is 17.8. The second kappa shape index (κ2) is 8.20. The van der Waals surface area contributed by atoms with Gasteiger partial charge in [0.2, 0.25) is 5.91 Å². The molecule has 1 N–H and O–H groups in total. The number of carbonyl (C=O) groups excluding carboxylic acids is 2. The number of rotatable bonds is 4. The number of hydrogen-bond donors (Lipinski definition) is 1. The summed E-state index contributed by atoms with van der Waals surface area (Å²) in [5.74, 6) is -0.405. The van der Waals surface area contributed by atoms with E-state index in [2.05, 4.69) is 5.32 Å². The third kappa shape index (κ3) is 4.21. The third-order valence-electron chi connectivity index (χ3n) is 5.31. The molecule has 4 rings (SSSR count). The van der Waals surface area contributed by atoms with Gasteiger partial charge >= 0.3 is 0 Å². The van der Waals surface area contributed by atoms with E-state index in [0.29, 0.717) is 16.1 Å². The molecule has 0 saturated heterocycles. The summed E-state index contributed by atoms with van der Waals surface area (Å²) in [4.78, 5) is 28.9. The van der Waals surface area contributed by atoms with Crippen LogP contribution in [0.3, 0.4) is 0 Å². The van der Waals surface area contributed by atoms with Crippen molar-refractivity contribution in [3.8, 4) is 0 Å². The lowest BCUT2D eigenvalue weighted by Crippen LogP contribution is -2.47. The number of amides is 2. The quantitative estimate of drug-likeness (QED) is 0.588. The van der Waals surface area contributed by atoms with Crippen LogP contribution in [-0.4, -0.2) is 22.3 Å². The predicted octanol–water partition coefficient (Wildman–Crippen LogP) is 5.54. The zero-order chi connectivity index (χ0) is 22.2. The second-order valence-electron chi connectivity index (χ2n) is 8.81. The van der Waals surface area contributed by atoms with E-state index in [4.69, 9.17) is 11.6 Å². The van der Waals surface area contributed by atoms with Crippen LogP contribution < -0.4 is 5.32 Å². The summed E-state index contributed by atoms with van der Waals surface area (Å²) < 4.78 is 0. The van der Waals surface area contributed by atoms with Gasteiger partial charge in [0, 0.05) is 16.1 Å². The first kappa shape index (κ1) is 21.1. The van der Waals surface area contributed by atoms with Crippen molar-refractivity contribution in [3.63, 3.8) is 0 Å². The summed E-state index contributed by atoms with van der Waals surface area (Å²) >= 11 is 6.27. The number of nitrogens with zero attached hydrogens (tertiary/aromatic N) is 1. The number of nitrogens with one attached hydrogen (secondary N) is 1. The van der Waals surface area contributed by atoms with Crippen molar-refractivity contribution in [1.29, 1.82) is 0 Å². The lowest BCUT2D eigenvalue weighted by atomic mass is 9.95. The molecule has 3 aromatic carbocycles. The molecule has 1 heterocycles. The molecule has 1 aliphatic rings. The Morgan fingerprint density at radius 3 is 2.00 bits per heavy atom. The highest BCUT2D eigenvalue weighted by Crippen LogP contribution is 2.43. The highest BCUT2D eigenvalue weighted by Gasteiger charge is 2.46. The van der Waals surface area contributed by atoms with Crippen LogP contribution in [0.4, 0.5) is 0 Å². The Morgan fingerprint density at radius 2 is 1.48 bits per heavy atom. The van der Waals surface area contributed by atoms with Crippen molar-refractivity contribution in [1.82, 2.24) is 10.2 Å². The van der Waals surface area contributed by atoms with Gasteiger partial charge in [-0.1, -0.05) is 72.3 Å². The van der Waals surface area contributed by atoms with Gasteiger partial charge in [-0.25, -0.2) is 0 Å². The first-order valence-corrected chi connectivity index (χ1v) is 10.7. The summed E-state index contributed by atoms with van der Waals surface area (Å²) in [6.07, 6.45) is 0. The molecule has 4 nitrogen and oxygen atoms in total. The standard InChI is InChI=1S/C26H25ClN2O2/c1-26(2,3)28-24(30)23-21-16-19(27)14-15-20(21)25(31)29(23)22(17-10-6-4-7-11-17)18-12-8-5-9-13-18/h4-16,22-23H,1-3H3,(H,28,30). The van der Waals surface area contributed by atoms with E-state index in [0.717, 1.165) is 11.1 Å². The van der Waals surface area contributed by atoms with Gasteiger partial charge in [-0.2, -0.15) is 0 Å². The van der Waals surface area contributed by atoms with Crippen LogP contribution in [0, 0.1) is 0 Å². The normalized spacial score (nSPS) is 15.8. The molecule has 2 amide bonds. The van der Waals surface area contributed by atoms with Crippen LogP contribution in [0.25, 0.3) is 0 Å². The lowest BCUT2D eigenvalue weighted by molar-refractivity contribution is -0.127. The smallest absolute Gasteiger partial charge is 0.255 e. The summed E-state index contributed by atoms with van der Waals surface area (Å²) in [7, 11) is 0. The Kier molecular flexibility index (Phi) is 5.59. The Balaban J connectivity index is 1.90. The molecule has 0 fully saturated rings. The van der Waals surface area contributed by atoms with Crippen LogP contribution in [0.2, 0.25) is 5.02 Å². The van der Waals surface area contributed by atoms with Gasteiger partial charge in [-0.15, -0.1) is 0 Å². The predicted molar refractivity (Wildman–Crippen MR) is 123 cm³/mol. The van der Waals surface area contributed by atoms with Gasteiger partial charge in [0.25, 0.3) is 5.91 Å².